The van der Waals surface area contributed by atoms with Gasteiger partial charge in [0, 0.05) is 21.7 Å². The van der Waals surface area contributed by atoms with E-state index in [1.54, 1.807) is 53.8 Å². The lowest BCUT2D eigenvalue weighted by Crippen LogP contribution is -2.22. The number of thiophene rings is 1. The van der Waals surface area contributed by atoms with Crippen molar-refractivity contribution in [1.29, 1.82) is 0 Å². The number of hydrogen-bond donors (Lipinski definition) is 2. The summed E-state index contributed by atoms with van der Waals surface area (Å²) in [5, 5.41) is 7.93. The summed E-state index contributed by atoms with van der Waals surface area (Å²) in [6, 6.07) is 15.5. The third-order valence-corrected chi connectivity index (χ3v) is 6.78. The van der Waals surface area contributed by atoms with Crippen LogP contribution in [0.4, 0.5) is 5.69 Å². The molecule has 0 fully saturated rings. The van der Waals surface area contributed by atoms with E-state index in [1.165, 1.54) is 6.07 Å². The second-order valence-corrected chi connectivity index (χ2v) is 8.90. The van der Waals surface area contributed by atoms with Crippen molar-refractivity contribution in [3.8, 4) is 0 Å². The highest BCUT2D eigenvalue weighted by molar-refractivity contribution is 7.90. The SMILES string of the molecule is Cc1ccsc1CNC(=O)c1ccc(NC2=NS(=O)(=O)c3ccccc32)cc1. The van der Waals surface area contributed by atoms with Crippen LogP contribution in [0.2, 0.25) is 0 Å². The van der Waals surface area contributed by atoms with Gasteiger partial charge in [0.1, 0.15) is 4.90 Å². The van der Waals surface area contributed by atoms with E-state index in [0.717, 1.165) is 10.4 Å². The Kier molecular flexibility index (Phi) is 4.74. The van der Waals surface area contributed by atoms with Crippen LogP contribution in [0.25, 0.3) is 0 Å². The maximum atomic E-state index is 12.3. The fraction of sp³-hybridized carbons (Fsp3) is 0.100. The normalized spacial score (nSPS) is 14.2. The number of amides is 1. The Hall–Kier alpha value is -2.97. The number of carbonyl (C=O) groups is 1. The van der Waals surface area contributed by atoms with Crippen molar-refractivity contribution in [2.24, 2.45) is 4.40 Å². The molecule has 0 unspecified atom stereocenters. The van der Waals surface area contributed by atoms with Crippen molar-refractivity contribution in [2.75, 3.05) is 5.32 Å². The van der Waals surface area contributed by atoms with E-state index in [0.29, 0.717) is 23.4 Å². The summed E-state index contributed by atoms with van der Waals surface area (Å²) < 4.78 is 28.0. The van der Waals surface area contributed by atoms with E-state index in [2.05, 4.69) is 15.0 Å². The van der Waals surface area contributed by atoms with Crippen LogP contribution in [-0.4, -0.2) is 20.2 Å². The molecule has 1 aliphatic heterocycles. The van der Waals surface area contributed by atoms with Crippen LogP contribution in [-0.2, 0) is 16.6 Å². The van der Waals surface area contributed by atoms with Gasteiger partial charge in [-0.2, -0.15) is 8.42 Å². The second-order valence-electron chi connectivity index (χ2n) is 6.32. The molecule has 0 saturated heterocycles. The number of anilines is 1. The van der Waals surface area contributed by atoms with Crippen molar-refractivity contribution in [2.45, 2.75) is 18.4 Å². The first-order valence-corrected chi connectivity index (χ1v) is 10.9. The summed E-state index contributed by atoms with van der Waals surface area (Å²) in [6.45, 7) is 2.51. The van der Waals surface area contributed by atoms with Gasteiger partial charge in [-0.15, -0.1) is 15.7 Å². The molecule has 0 aliphatic carbocycles. The Morgan fingerprint density at radius 2 is 1.82 bits per heavy atom. The molecule has 2 heterocycles. The third-order valence-electron chi connectivity index (χ3n) is 4.42. The molecule has 4 rings (SSSR count). The van der Waals surface area contributed by atoms with Gasteiger partial charge in [0.2, 0.25) is 0 Å². The smallest absolute Gasteiger partial charge is 0.285 e. The zero-order chi connectivity index (χ0) is 19.7. The number of sulfonamides is 1. The van der Waals surface area contributed by atoms with Gasteiger partial charge in [-0.25, -0.2) is 0 Å². The van der Waals surface area contributed by atoms with Crippen LogP contribution in [0.1, 0.15) is 26.4 Å². The number of fused-ring (bicyclic) bond motifs is 1. The van der Waals surface area contributed by atoms with Crippen molar-refractivity contribution in [1.82, 2.24) is 5.32 Å². The molecule has 1 amide bonds. The minimum absolute atomic E-state index is 0.162. The largest absolute Gasteiger partial charge is 0.347 e. The van der Waals surface area contributed by atoms with Crippen LogP contribution in [0.5, 0.6) is 0 Å². The Balaban J connectivity index is 1.46. The molecule has 0 saturated carbocycles. The van der Waals surface area contributed by atoms with E-state index in [4.69, 9.17) is 0 Å². The predicted molar refractivity (Wildman–Crippen MR) is 110 cm³/mol. The topological polar surface area (TPSA) is 87.6 Å². The summed E-state index contributed by atoms with van der Waals surface area (Å²) in [4.78, 5) is 13.6. The molecule has 1 aromatic heterocycles. The van der Waals surface area contributed by atoms with Gasteiger partial charge >= 0.3 is 0 Å². The Morgan fingerprint density at radius 1 is 1.07 bits per heavy atom. The molecule has 8 heteroatoms. The molecule has 28 heavy (non-hydrogen) atoms. The molecule has 0 atom stereocenters. The highest BCUT2D eigenvalue weighted by Gasteiger charge is 2.28. The minimum Gasteiger partial charge on any atom is -0.347 e. The minimum atomic E-state index is -3.67. The van der Waals surface area contributed by atoms with Gasteiger partial charge in [-0.1, -0.05) is 12.1 Å². The van der Waals surface area contributed by atoms with Crippen molar-refractivity contribution < 1.29 is 13.2 Å². The summed E-state index contributed by atoms with van der Waals surface area (Å²) >= 11 is 1.61. The number of benzene rings is 2. The van der Waals surface area contributed by atoms with Crippen LogP contribution in [0.3, 0.4) is 0 Å². The monoisotopic (exact) mass is 411 g/mol. The first-order valence-electron chi connectivity index (χ1n) is 8.57. The highest BCUT2D eigenvalue weighted by Crippen LogP contribution is 2.26. The fourth-order valence-corrected chi connectivity index (χ4v) is 4.91. The van der Waals surface area contributed by atoms with Crippen molar-refractivity contribution >= 4 is 38.8 Å². The molecular weight excluding hydrogens is 394 g/mol. The Morgan fingerprint density at radius 3 is 2.54 bits per heavy atom. The summed E-state index contributed by atoms with van der Waals surface area (Å²) in [5.41, 5.74) is 2.88. The van der Waals surface area contributed by atoms with Gasteiger partial charge in [-0.3, -0.25) is 4.79 Å². The zero-order valence-corrected chi connectivity index (χ0v) is 16.6. The summed E-state index contributed by atoms with van der Waals surface area (Å²) in [7, 11) is -3.67. The molecule has 0 bridgehead atoms. The standard InChI is InChI=1S/C20H17N3O3S2/c1-13-10-11-27-17(13)12-21-20(24)14-6-8-15(9-7-14)22-19-16-4-2-3-5-18(16)28(25,26)23-19/h2-11H,12H2,1H3,(H,21,24)(H,22,23). The van der Waals surface area contributed by atoms with E-state index < -0.39 is 10.0 Å². The number of carbonyl (C=O) groups excluding carboxylic acids is 1. The van der Waals surface area contributed by atoms with Crippen molar-refractivity contribution in [3.63, 3.8) is 0 Å². The predicted octanol–water partition coefficient (Wildman–Crippen LogP) is 3.55. The lowest BCUT2D eigenvalue weighted by Gasteiger charge is -2.08. The highest BCUT2D eigenvalue weighted by atomic mass is 32.2. The molecule has 1 aliphatic rings. The molecular formula is C20H17N3O3S2. The van der Waals surface area contributed by atoms with Gasteiger partial charge in [0.25, 0.3) is 15.9 Å². The van der Waals surface area contributed by atoms with Gasteiger partial charge < -0.3 is 10.6 Å². The molecule has 3 aromatic rings. The number of nitrogens with one attached hydrogen (secondary N) is 2. The third kappa shape index (κ3) is 3.56. The number of hydrogen-bond acceptors (Lipinski definition) is 5. The molecule has 6 nitrogen and oxygen atoms in total. The molecule has 0 spiro atoms. The van der Waals surface area contributed by atoms with Crippen LogP contribution >= 0.6 is 11.3 Å². The van der Waals surface area contributed by atoms with E-state index >= 15 is 0 Å². The Labute approximate surface area is 167 Å². The maximum Gasteiger partial charge on any atom is 0.285 e. The fourth-order valence-electron chi connectivity index (χ4n) is 2.89. The Bertz CT molecular complexity index is 1180. The molecule has 2 N–H and O–H groups in total. The first kappa shape index (κ1) is 18.4. The first-order chi connectivity index (χ1) is 13.4. The average molecular weight is 412 g/mol. The van der Waals surface area contributed by atoms with Crippen molar-refractivity contribution in [3.05, 3.63) is 81.5 Å². The van der Waals surface area contributed by atoms with Crippen LogP contribution in [0.15, 0.2) is 69.3 Å². The van der Waals surface area contributed by atoms with Gasteiger partial charge in [0.15, 0.2) is 5.84 Å². The van der Waals surface area contributed by atoms with E-state index in [9.17, 15) is 13.2 Å². The number of rotatable bonds is 4. The van der Waals surface area contributed by atoms with Crippen LogP contribution < -0.4 is 10.6 Å². The summed E-state index contributed by atoms with van der Waals surface area (Å²) in [6.07, 6.45) is 0. The quantitative estimate of drug-likeness (QED) is 0.687. The van der Waals surface area contributed by atoms with Gasteiger partial charge in [0.05, 0.1) is 6.54 Å². The number of aryl methyl sites for hydroxylation is 1. The molecule has 142 valence electrons. The van der Waals surface area contributed by atoms with Crippen LogP contribution in [0, 0.1) is 6.92 Å². The number of nitrogens with zero attached hydrogens (tertiary/aromatic N) is 1. The number of amidine groups is 1. The van der Waals surface area contributed by atoms with Gasteiger partial charge in [-0.05, 0) is 60.3 Å². The lowest BCUT2D eigenvalue weighted by atomic mass is 10.1. The molecule has 0 radical (unpaired) electrons. The van der Waals surface area contributed by atoms with E-state index in [-0.39, 0.29) is 16.6 Å². The second kappa shape index (κ2) is 7.21. The van der Waals surface area contributed by atoms with E-state index in [1.807, 2.05) is 18.4 Å². The maximum absolute atomic E-state index is 12.3. The zero-order valence-electron chi connectivity index (χ0n) is 15.0. The lowest BCUT2D eigenvalue weighted by molar-refractivity contribution is 0.0951. The molecule has 2 aromatic carbocycles. The average Bonchev–Trinajstić information content (AvgIpc) is 3.21. The summed E-state index contributed by atoms with van der Waals surface area (Å²) in [5.74, 6) is 0.117.